The van der Waals surface area contributed by atoms with Crippen molar-refractivity contribution in [1.82, 2.24) is 14.8 Å². The van der Waals surface area contributed by atoms with Crippen molar-refractivity contribution in [2.45, 2.75) is 0 Å². The van der Waals surface area contributed by atoms with E-state index < -0.39 is 0 Å². The number of para-hydroxylation sites is 1. The van der Waals surface area contributed by atoms with E-state index in [4.69, 9.17) is 9.68 Å². The van der Waals surface area contributed by atoms with E-state index in [2.05, 4.69) is 10.1 Å². The van der Waals surface area contributed by atoms with Crippen molar-refractivity contribution in [1.29, 1.82) is 5.26 Å². The number of hydrogen-bond acceptors (Lipinski definition) is 4. The molecule has 5 heteroatoms. The molecule has 2 aromatic carbocycles. The van der Waals surface area contributed by atoms with Gasteiger partial charge in [-0.25, -0.2) is 9.67 Å². The molecule has 0 aliphatic carbocycles. The second-order valence-corrected chi connectivity index (χ2v) is 4.40. The second-order valence-electron chi connectivity index (χ2n) is 4.40. The van der Waals surface area contributed by atoms with Crippen molar-refractivity contribution >= 4 is 21.9 Å². The predicted molar refractivity (Wildman–Crippen MR) is 73.4 cm³/mol. The van der Waals surface area contributed by atoms with Crippen molar-refractivity contribution < 1.29 is 4.42 Å². The molecule has 0 amide bonds. The lowest BCUT2D eigenvalue weighted by Crippen LogP contribution is -1.94. The van der Waals surface area contributed by atoms with Crippen molar-refractivity contribution in [3.8, 4) is 11.8 Å². The number of nitriles is 1. The number of aromatic nitrogens is 3. The minimum atomic E-state index is 0.155. The van der Waals surface area contributed by atoms with Crippen LogP contribution in [0.1, 0.15) is 5.82 Å². The van der Waals surface area contributed by atoms with Crippen molar-refractivity contribution in [3.05, 3.63) is 54.6 Å². The Morgan fingerprint density at radius 3 is 2.75 bits per heavy atom. The lowest BCUT2D eigenvalue weighted by molar-refractivity contribution is 0.668. The van der Waals surface area contributed by atoms with Crippen molar-refractivity contribution in [3.63, 3.8) is 0 Å². The van der Waals surface area contributed by atoms with Crippen LogP contribution in [0.25, 0.3) is 27.6 Å². The summed E-state index contributed by atoms with van der Waals surface area (Å²) in [5.41, 5.74) is 2.53. The Labute approximate surface area is 113 Å². The van der Waals surface area contributed by atoms with E-state index in [1.807, 2.05) is 48.5 Å². The molecule has 0 fully saturated rings. The summed E-state index contributed by atoms with van der Waals surface area (Å²) in [6.45, 7) is 0. The summed E-state index contributed by atoms with van der Waals surface area (Å²) in [4.78, 5) is 3.91. The van der Waals surface area contributed by atoms with E-state index in [-0.39, 0.29) is 5.82 Å². The van der Waals surface area contributed by atoms with Crippen LogP contribution in [0, 0.1) is 11.3 Å². The molecule has 20 heavy (non-hydrogen) atoms. The van der Waals surface area contributed by atoms with E-state index >= 15 is 0 Å². The molecule has 0 atom stereocenters. The van der Waals surface area contributed by atoms with E-state index in [1.165, 1.54) is 6.33 Å². The molecule has 0 radical (unpaired) electrons. The first-order valence-electron chi connectivity index (χ1n) is 6.08. The van der Waals surface area contributed by atoms with E-state index in [9.17, 15) is 0 Å². The number of furan rings is 1. The standard InChI is InChI=1S/C15H8N4O/c16-8-15-17-9-19(18-15)10-5-6-14-12(7-10)11-3-1-2-4-13(11)20-14/h1-7,9H. The summed E-state index contributed by atoms with van der Waals surface area (Å²) < 4.78 is 7.36. The predicted octanol–water partition coefficient (Wildman–Crippen LogP) is 3.04. The molecule has 94 valence electrons. The fraction of sp³-hybridized carbons (Fsp3) is 0. The molecule has 5 nitrogen and oxygen atoms in total. The van der Waals surface area contributed by atoms with Gasteiger partial charge in [-0.15, -0.1) is 5.10 Å². The highest BCUT2D eigenvalue weighted by atomic mass is 16.3. The van der Waals surface area contributed by atoms with Crippen molar-refractivity contribution in [2.75, 3.05) is 0 Å². The quantitative estimate of drug-likeness (QED) is 0.527. The summed E-state index contributed by atoms with van der Waals surface area (Å²) in [5.74, 6) is 0.155. The van der Waals surface area contributed by atoms with Gasteiger partial charge in [0.1, 0.15) is 23.6 Å². The van der Waals surface area contributed by atoms with Crippen LogP contribution in [0.15, 0.2) is 53.2 Å². The zero-order valence-corrected chi connectivity index (χ0v) is 10.3. The maximum atomic E-state index is 8.77. The summed E-state index contributed by atoms with van der Waals surface area (Å²) >= 11 is 0. The zero-order valence-electron chi connectivity index (χ0n) is 10.3. The van der Waals surface area contributed by atoms with Crippen LogP contribution in [-0.4, -0.2) is 14.8 Å². The van der Waals surface area contributed by atoms with E-state index in [0.717, 1.165) is 27.6 Å². The molecule has 2 aromatic heterocycles. The molecule has 0 bridgehead atoms. The molecule has 4 rings (SSSR count). The van der Waals surface area contributed by atoms with Gasteiger partial charge in [0.25, 0.3) is 5.82 Å². The molecule has 0 spiro atoms. The lowest BCUT2D eigenvalue weighted by atomic mass is 10.1. The van der Waals surface area contributed by atoms with Crippen LogP contribution in [-0.2, 0) is 0 Å². The molecule has 0 unspecified atom stereocenters. The Morgan fingerprint density at radius 1 is 1.05 bits per heavy atom. The number of hydrogen-bond donors (Lipinski definition) is 0. The van der Waals surface area contributed by atoms with Crippen LogP contribution < -0.4 is 0 Å². The minimum Gasteiger partial charge on any atom is -0.456 e. The fourth-order valence-corrected chi connectivity index (χ4v) is 2.30. The molecule has 0 saturated heterocycles. The third-order valence-electron chi connectivity index (χ3n) is 3.22. The van der Waals surface area contributed by atoms with Gasteiger partial charge in [0.2, 0.25) is 0 Å². The van der Waals surface area contributed by atoms with Gasteiger partial charge in [0.15, 0.2) is 0 Å². The molecule has 0 saturated carbocycles. The molecular weight excluding hydrogens is 252 g/mol. The summed E-state index contributed by atoms with van der Waals surface area (Å²) in [6.07, 6.45) is 1.53. The van der Waals surface area contributed by atoms with E-state index in [1.54, 1.807) is 4.68 Å². The second kappa shape index (κ2) is 3.93. The minimum absolute atomic E-state index is 0.155. The Morgan fingerprint density at radius 2 is 1.90 bits per heavy atom. The highest BCUT2D eigenvalue weighted by Gasteiger charge is 2.08. The third kappa shape index (κ3) is 1.49. The summed E-state index contributed by atoms with van der Waals surface area (Å²) in [5, 5.41) is 14.9. The largest absolute Gasteiger partial charge is 0.456 e. The van der Waals surface area contributed by atoms with Gasteiger partial charge < -0.3 is 4.42 Å². The van der Waals surface area contributed by atoms with Gasteiger partial charge in [-0.3, -0.25) is 0 Å². The Hall–Kier alpha value is -3.13. The normalized spacial score (nSPS) is 10.9. The first-order valence-corrected chi connectivity index (χ1v) is 6.08. The smallest absolute Gasteiger partial charge is 0.252 e. The van der Waals surface area contributed by atoms with Crippen LogP contribution in [0.5, 0.6) is 0 Å². The molecule has 0 N–H and O–H groups in total. The zero-order chi connectivity index (χ0) is 13.5. The number of fused-ring (bicyclic) bond motifs is 3. The monoisotopic (exact) mass is 260 g/mol. The van der Waals surface area contributed by atoms with Gasteiger partial charge in [-0.2, -0.15) is 5.26 Å². The maximum absolute atomic E-state index is 8.77. The highest BCUT2D eigenvalue weighted by molar-refractivity contribution is 6.05. The van der Waals surface area contributed by atoms with Crippen LogP contribution in [0.2, 0.25) is 0 Å². The number of benzene rings is 2. The first kappa shape index (κ1) is 10.8. The molecule has 4 aromatic rings. The maximum Gasteiger partial charge on any atom is 0.252 e. The van der Waals surface area contributed by atoms with Gasteiger partial charge in [-0.1, -0.05) is 18.2 Å². The molecule has 2 heterocycles. The van der Waals surface area contributed by atoms with Gasteiger partial charge in [-0.05, 0) is 24.3 Å². The van der Waals surface area contributed by atoms with Gasteiger partial charge in [0.05, 0.1) is 5.69 Å². The number of nitrogens with zero attached hydrogens (tertiary/aromatic N) is 4. The van der Waals surface area contributed by atoms with Crippen LogP contribution >= 0.6 is 0 Å². The Kier molecular flexibility index (Phi) is 2.12. The Balaban J connectivity index is 1.98. The van der Waals surface area contributed by atoms with Gasteiger partial charge >= 0.3 is 0 Å². The molecule has 0 aliphatic rings. The molecular formula is C15H8N4O. The number of rotatable bonds is 1. The Bertz CT molecular complexity index is 974. The highest BCUT2D eigenvalue weighted by Crippen LogP contribution is 2.29. The average Bonchev–Trinajstić information content (AvgIpc) is 3.11. The average molecular weight is 260 g/mol. The van der Waals surface area contributed by atoms with Crippen LogP contribution in [0.4, 0.5) is 0 Å². The van der Waals surface area contributed by atoms with Crippen molar-refractivity contribution in [2.24, 2.45) is 0 Å². The topological polar surface area (TPSA) is 67.6 Å². The summed E-state index contributed by atoms with van der Waals surface area (Å²) in [6, 6.07) is 15.6. The van der Waals surface area contributed by atoms with E-state index in [0.29, 0.717) is 0 Å². The molecule has 0 aliphatic heterocycles. The first-order chi connectivity index (χ1) is 9.85. The lowest BCUT2D eigenvalue weighted by Gasteiger charge is -1.99. The fourth-order valence-electron chi connectivity index (χ4n) is 2.30. The third-order valence-corrected chi connectivity index (χ3v) is 3.22. The SMILES string of the molecule is N#Cc1ncn(-c2ccc3oc4ccccc4c3c2)n1. The summed E-state index contributed by atoms with van der Waals surface area (Å²) in [7, 11) is 0. The van der Waals surface area contributed by atoms with Gasteiger partial charge in [0, 0.05) is 10.8 Å². The van der Waals surface area contributed by atoms with Crippen LogP contribution in [0.3, 0.4) is 0 Å².